The number of halogens is 1. The third-order valence-corrected chi connectivity index (χ3v) is 3.05. The van der Waals surface area contributed by atoms with Gasteiger partial charge in [-0.15, -0.1) is 11.6 Å². The van der Waals surface area contributed by atoms with Crippen LogP contribution in [0.1, 0.15) is 6.42 Å². The highest BCUT2D eigenvalue weighted by Crippen LogP contribution is 2.16. The Hall–Kier alpha value is 0.340. The number of hydrogen-bond acceptors (Lipinski definition) is 2. The van der Waals surface area contributed by atoms with E-state index in [2.05, 4.69) is 11.4 Å². The van der Waals surface area contributed by atoms with Gasteiger partial charge in [0.15, 0.2) is 0 Å². The van der Waals surface area contributed by atoms with E-state index in [1.807, 2.05) is 17.8 Å². The molecule has 0 aromatic carbocycles. The zero-order valence-electron chi connectivity index (χ0n) is 6.55. The smallest absolute Gasteiger partial charge is 0.0404 e. The van der Waals surface area contributed by atoms with Gasteiger partial charge >= 0.3 is 0 Å². The molecule has 0 spiro atoms. The first-order chi connectivity index (χ1) is 5.43. The van der Waals surface area contributed by atoms with Crippen molar-refractivity contribution in [1.82, 2.24) is 5.32 Å². The van der Waals surface area contributed by atoms with E-state index in [1.165, 1.54) is 17.9 Å². The van der Waals surface area contributed by atoms with Crippen molar-refractivity contribution in [2.75, 3.05) is 23.9 Å². The molecule has 1 atom stereocenters. The predicted octanol–water partition coefficient (Wildman–Crippen LogP) is 1.88. The average molecular weight is 192 g/mol. The summed E-state index contributed by atoms with van der Waals surface area (Å²) in [5.74, 6) is 3.21. The van der Waals surface area contributed by atoms with E-state index in [-0.39, 0.29) is 0 Å². The molecule has 1 aliphatic heterocycles. The van der Waals surface area contributed by atoms with Crippen LogP contribution < -0.4 is 5.32 Å². The van der Waals surface area contributed by atoms with Crippen molar-refractivity contribution in [3.8, 4) is 0 Å². The zero-order chi connectivity index (χ0) is 7.94. The molecule has 1 rings (SSSR count). The Labute approximate surface area is 77.6 Å². The molecule has 1 saturated heterocycles. The van der Waals surface area contributed by atoms with Crippen LogP contribution in [-0.4, -0.2) is 30.0 Å². The fraction of sp³-hybridized carbons (Fsp3) is 0.750. The van der Waals surface area contributed by atoms with Crippen LogP contribution in [0.25, 0.3) is 0 Å². The summed E-state index contributed by atoms with van der Waals surface area (Å²) >= 11 is 7.51. The van der Waals surface area contributed by atoms with Crippen LogP contribution in [0.2, 0.25) is 0 Å². The van der Waals surface area contributed by atoms with Crippen molar-refractivity contribution in [2.24, 2.45) is 0 Å². The van der Waals surface area contributed by atoms with E-state index >= 15 is 0 Å². The molecule has 0 bridgehead atoms. The van der Waals surface area contributed by atoms with E-state index in [1.54, 1.807) is 0 Å². The second-order valence-electron chi connectivity index (χ2n) is 2.59. The lowest BCUT2D eigenvalue weighted by atomic mass is 10.2. The van der Waals surface area contributed by atoms with Gasteiger partial charge in [-0.05, 0) is 12.2 Å². The maximum absolute atomic E-state index is 5.48. The lowest BCUT2D eigenvalue weighted by Gasteiger charge is -2.07. The third kappa shape index (κ3) is 4.04. The molecule has 0 saturated carbocycles. The van der Waals surface area contributed by atoms with Gasteiger partial charge in [0.05, 0.1) is 0 Å². The molecule has 1 aliphatic rings. The molecule has 1 nitrogen and oxygen atoms in total. The Kier molecular flexibility index (Phi) is 5.08. The SMILES string of the molecule is ClC/C=C/CNC1CCSC1. The van der Waals surface area contributed by atoms with E-state index in [0.29, 0.717) is 5.88 Å². The molecule has 0 aromatic rings. The molecule has 0 radical (unpaired) electrons. The highest BCUT2D eigenvalue weighted by molar-refractivity contribution is 7.99. The summed E-state index contributed by atoms with van der Waals surface area (Å²) in [6.45, 7) is 0.970. The fourth-order valence-electron chi connectivity index (χ4n) is 1.08. The highest BCUT2D eigenvalue weighted by Gasteiger charge is 2.12. The van der Waals surface area contributed by atoms with E-state index in [0.717, 1.165) is 12.6 Å². The number of nitrogens with one attached hydrogen (secondary N) is 1. The van der Waals surface area contributed by atoms with Gasteiger partial charge in [0.1, 0.15) is 0 Å². The predicted molar refractivity (Wildman–Crippen MR) is 53.6 cm³/mol. The summed E-state index contributed by atoms with van der Waals surface area (Å²) in [5, 5.41) is 3.45. The van der Waals surface area contributed by atoms with Crippen molar-refractivity contribution in [1.29, 1.82) is 0 Å². The Morgan fingerprint density at radius 3 is 3.09 bits per heavy atom. The lowest BCUT2D eigenvalue weighted by molar-refractivity contribution is 0.595. The van der Waals surface area contributed by atoms with Gasteiger partial charge in [-0.1, -0.05) is 12.2 Å². The molecule has 1 unspecified atom stereocenters. The normalized spacial score (nSPS) is 25.0. The second-order valence-corrected chi connectivity index (χ2v) is 4.05. The van der Waals surface area contributed by atoms with Crippen LogP contribution in [0.4, 0.5) is 0 Å². The summed E-state index contributed by atoms with van der Waals surface area (Å²) in [4.78, 5) is 0. The topological polar surface area (TPSA) is 12.0 Å². The van der Waals surface area contributed by atoms with Gasteiger partial charge in [-0.25, -0.2) is 0 Å². The first-order valence-electron chi connectivity index (χ1n) is 3.95. The van der Waals surface area contributed by atoms with Crippen molar-refractivity contribution < 1.29 is 0 Å². The first kappa shape index (κ1) is 9.43. The number of rotatable bonds is 4. The van der Waals surface area contributed by atoms with Crippen LogP contribution in [0.5, 0.6) is 0 Å². The minimum absolute atomic E-state index is 0.626. The molecule has 3 heteroatoms. The molecule has 0 amide bonds. The summed E-state index contributed by atoms with van der Waals surface area (Å²) in [7, 11) is 0. The standard InChI is InChI=1S/C8H14ClNS/c9-4-1-2-5-10-8-3-6-11-7-8/h1-2,8,10H,3-7H2/b2-1+. The summed E-state index contributed by atoms with van der Waals surface area (Å²) in [5.41, 5.74) is 0. The third-order valence-electron chi connectivity index (χ3n) is 1.71. The number of thioether (sulfide) groups is 1. The van der Waals surface area contributed by atoms with E-state index in [4.69, 9.17) is 11.6 Å². The maximum atomic E-state index is 5.48. The van der Waals surface area contributed by atoms with Crippen LogP contribution in [-0.2, 0) is 0 Å². The quantitative estimate of drug-likeness (QED) is 0.538. The summed E-state index contributed by atoms with van der Waals surface area (Å²) in [6.07, 6.45) is 5.39. The molecule has 1 N–H and O–H groups in total. The van der Waals surface area contributed by atoms with Crippen LogP contribution >= 0.6 is 23.4 Å². The molecule has 64 valence electrons. The monoisotopic (exact) mass is 191 g/mol. The van der Waals surface area contributed by atoms with Gasteiger partial charge in [-0.2, -0.15) is 11.8 Å². The minimum atomic E-state index is 0.626. The maximum Gasteiger partial charge on any atom is 0.0404 e. The Bertz CT molecular complexity index is 121. The molecule has 0 aliphatic carbocycles. The van der Waals surface area contributed by atoms with Gasteiger partial charge in [-0.3, -0.25) is 0 Å². The Morgan fingerprint density at radius 2 is 2.45 bits per heavy atom. The van der Waals surface area contributed by atoms with Crippen LogP contribution in [0.15, 0.2) is 12.2 Å². The highest BCUT2D eigenvalue weighted by atomic mass is 35.5. The summed E-state index contributed by atoms with van der Waals surface area (Å²) in [6, 6.07) is 0.736. The molecule has 11 heavy (non-hydrogen) atoms. The van der Waals surface area contributed by atoms with Crippen LogP contribution in [0.3, 0.4) is 0 Å². The summed E-state index contributed by atoms with van der Waals surface area (Å²) < 4.78 is 0. The average Bonchev–Trinajstić information content (AvgIpc) is 2.50. The molecular weight excluding hydrogens is 178 g/mol. The van der Waals surface area contributed by atoms with Gasteiger partial charge in [0, 0.05) is 24.2 Å². The second kappa shape index (κ2) is 5.92. The van der Waals surface area contributed by atoms with Crippen LogP contribution in [0, 0.1) is 0 Å². The minimum Gasteiger partial charge on any atom is -0.310 e. The number of alkyl halides is 1. The lowest BCUT2D eigenvalue weighted by Crippen LogP contribution is -2.28. The van der Waals surface area contributed by atoms with E-state index < -0.39 is 0 Å². The Balaban J connectivity index is 1.97. The molecule has 1 fully saturated rings. The fourth-order valence-corrected chi connectivity index (χ4v) is 2.39. The van der Waals surface area contributed by atoms with Gasteiger partial charge < -0.3 is 5.32 Å². The molecule has 0 aromatic heterocycles. The van der Waals surface area contributed by atoms with Gasteiger partial charge in [0.25, 0.3) is 0 Å². The number of hydrogen-bond donors (Lipinski definition) is 1. The molecule has 1 heterocycles. The van der Waals surface area contributed by atoms with Crippen molar-refractivity contribution in [2.45, 2.75) is 12.5 Å². The Morgan fingerprint density at radius 1 is 1.55 bits per heavy atom. The first-order valence-corrected chi connectivity index (χ1v) is 5.64. The van der Waals surface area contributed by atoms with E-state index in [9.17, 15) is 0 Å². The molecular formula is C8H14ClNS. The van der Waals surface area contributed by atoms with Gasteiger partial charge in [0.2, 0.25) is 0 Å². The number of allylic oxidation sites excluding steroid dienone is 1. The van der Waals surface area contributed by atoms with Crippen molar-refractivity contribution in [3.63, 3.8) is 0 Å². The largest absolute Gasteiger partial charge is 0.310 e. The zero-order valence-corrected chi connectivity index (χ0v) is 8.13. The van der Waals surface area contributed by atoms with Crippen molar-refractivity contribution in [3.05, 3.63) is 12.2 Å². The van der Waals surface area contributed by atoms with Crippen molar-refractivity contribution >= 4 is 23.4 Å².